The zero-order chi connectivity index (χ0) is 13.9. The predicted octanol–water partition coefficient (Wildman–Crippen LogP) is 0.507. The van der Waals surface area contributed by atoms with Crippen LogP contribution in [0.25, 0.3) is 5.69 Å². The van der Waals surface area contributed by atoms with E-state index in [0.29, 0.717) is 0 Å². The van der Waals surface area contributed by atoms with Crippen molar-refractivity contribution in [1.82, 2.24) is 20.2 Å². The van der Waals surface area contributed by atoms with Crippen molar-refractivity contribution in [3.8, 4) is 5.69 Å². The van der Waals surface area contributed by atoms with E-state index in [4.69, 9.17) is 0 Å². The molecule has 1 heterocycles. The number of anilines is 1. The van der Waals surface area contributed by atoms with Crippen LogP contribution in [0.15, 0.2) is 30.6 Å². The Balaban J connectivity index is 2.12. The second-order valence-electron chi connectivity index (χ2n) is 4.44. The third-order valence-electron chi connectivity index (χ3n) is 2.43. The van der Waals surface area contributed by atoms with Crippen molar-refractivity contribution in [2.45, 2.75) is 13.0 Å². The number of sulfone groups is 1. The van der Waals surface area contributed by atoms with E-state index in [1.54, 1.807) is 0 Å². The Morgan fingerprint density at radius 2 is 2.21 bits per heavy atom. The van der Waals surface area contributed by atoms with E-state index in [0.717, 1.165) is 11.4 Å². The summed E-state index contributed by atoms with van der Waals surface area (Å²) in [6, 6.07) is 7.27. The zero-order valence-corrected chi connectivity index (χ0v) is 11.5. The summed E-state index contributed by atoms with van der Waals surface area (Å²) >= 11 is 0. The molecule has 0 spiro atoms. The first-order chi connectivity index (χ1) is 8.94. The zero-order valence-electron chi connectivity index (χ0n) is 10.7. The van der Waals surface area contributed by atoms with Gasteiger partial charge in [-0.05, 0) is 35.5 Å². The van der Waals surface area contributed by atoms with Gasteiger partial charge in [0.15, 0.2) is 0 Å². The minimum Gasteiger partial charge on any atom is -0.382 e. The smallest absolute Gasteiger partial charge is 0.149 e. The minimum absolute atomic E-state index is 0.0854. The molecule has 0 fully saturated rings. The van der Waals surface area contributed by atoms with Gasteiger partial charge in [0.1, 0.15) is 16.2 Å². The van der Waals surface area contributed by atoms with Gasteiger partial charge in [-0.2, -0.15) is 0 Å². The summed E-state index contributed by atoms with van der Waals surface area (Å²) in [7, 11) is -3.00. The molecule has 1 unspecified atom stereocenters. The molecule has 0 amide bonds. The number of nitrogens with one attached hydrogen (secondary N) is 1. The molecule has 102 valence electrons. The molecule has 1 aromatic carbocycles. The summed E-state index contributed by atoms with van der Waals surface area (Å²) in [5.41, 5.74) is 1.63. The van der Waals surface area contributed by atoms with Crippen LogP contribution < -0.4 is 5.32 Å². The van der Waals surface area contributed by atoms with Crippen LogP contribution in [0.1, 0.15) is 6.92 Å². The Morgan fingerprint density at radius 3 is 2.84 bits per heavy atom. The topological polar surface area (TPSA) is 89.8 Å². The maximum Gasteiger partial charge on any atom is 0.149 e. The van der Waals surface area contributed by atoms with E-state index in [-0.39, 0.29) is 11.8 Å². The fraction of sp³-hybridized carbons (Fsp3) is 0.364. The van der Waals surface area contributed by atoms with Crippen molar-refractivity contribution in [3.63, 3.8) is 0 Å². The number of rotatable bonds is 5. The predicted molar refractivity (Wildman–Crippen MR) is 71.9 cm³/mol. The van der Waals surface area contributed by atoms with Crippen LogP contribution in [0.2, 0.25) is 0 Å². The van der Waals surface area contributed by atoms with E-state index in [1.165, 1.54) is 17.3 Å². The van der Waals surface area contributed by atoms with Gasteiger partial charge in [-0.15, -0.1) is 5.10 Å². The highest BCUT2D eigenvalue weighted by Gasteiger charge is 2.10. The highest BCUT2D eigenvalue weighted by molar-refractivity contribution is 7.90. The Hall–Kier alpha value is -1.96. The van der Waals surface area contributed by atoms with E-state index < -0.39 is 9.84 Å². The van der Waals surface area contributed by atoms with Gasteiger partial charge in [-0.3, -0.25) is 0 Å². The first-order valence-electron chi connectivity index (χ1n) is 5.72. The lowest BCUT2D eigenvalue weighted by Crippen LogP contribution is -2.25. The van der Waals surface area contributed by atoms with Crippen molar-refractivity contribution in [2.75, 3.05) is 17.3 Å². The molecule has 2 rings (SSSR count). The van der Waals surface area contributed by atoms with Crippen molar-refractivity contribution in [2.24, 2.45) is 0 Å². The lowest BCUT2D eigenvalue weighted by Gasteiger charge is -2.14. The number of hydrogen-bond donors (Lipinski definition) is 1. The molecule has 8 heteroatoms. The number of nitrogens with zero attached hydrogens (tertiary/aromatic N) is 4. The van der Waals surface area contributed by atoms with E-state index >= 15 is 0 Å². The number of tetrazole rings is 1. The number of benzene rings is 1. The molecule has 0 bridgehead atoms. The standard InChI is InChI=1S/C11H15N5O2S/c1-9(7-19(2,17)18)13-10-4-3-5-11(6-10)16-8-12-14-15-16/h3-6,8-9,13H,7H2,1-2H3. The van der Waals surface area contributed by atoms with Crippen LogP contribution in [0.4, 0.5) is 5.69 Å². The fourth-order valence-corrected chi connectivity index (χ4v) is 2.79. The molecule has 1 aromatic heterocycles. The monoisotopic (exact) mass is 281 g/mol. The Labute approximate surface area is 111 Å². The third-order valence-corrected chi connectivity index (χ3v) is 3.53. The lowest BCUT2D eigenvalue weighted by atomic mass is 10.2. The first kappa shape index (κ1) is 13.5. The average Bonchev–Trinajstić information content (AvgIpc) is 2.79. The molecule has 0 radical (unpaired) electrons. The highest BCUT2D eigenvalue weighted by atomic mass is 32.2. The van der Waals surface area contributed by atoms with Crippen LogP contribution >= 0.6 is 0 Å². The van der Waals surface area contributed by atoms with Gasteiger partial charge in [0, 0.05) is 18.0 Å². The van der Waals surface area contributed by atoms with Gasteiger partial charge in [-0.25, -0.2) is 13.1 Å². The summed E-state index contributed by atoms with van der Waals surface area (Å²) in [6.07, 6.45) is 2.72. The van der Waals surface area contributed by atoms with Gasteiger partial charge in [0.2, 0.25) is 0 Å². The van der Waals surface area contributed by atoms with Gasteiger partial charge < -0.3 is 5.32 Å². The molecular weight excluding hydrogens is 266 g/mol. The van der Waals surface area contributed by atoms with Gasteiger partial charge in [0.05, 0.1) is 11.4 Å². The highest BCUT2D eigenvalue weighted by Crippen LogP contribution is 2.14. The van der Waals surface area contributed by atoms with E-state index in [2.05, 4.69) is 20.8 Å². The van der Waals surface area contributed by atoms with E-state index in [9.17, 15) is 8.42 Å². The SMILES string of the molecule is CC(CS(C)(=O)=O)Nc1cccc(-n2cnnn2)c1. The molecule has 0 aliphatic rings. The van der Waals surface area contributed by atoms with Gasteiger partial charge in [-0.1, -0.05) is 6.07 Å². The molecule has 0 aliphatic heterocycles. The largest absolute Gasteiger partial charge is 0.382 e. The fourth-order valence-electron chi connectivity index (χ4n) is 1.80. The Kier molecular flexibility index (Phi) is 3.79. The molecule has 0 saturated heterocycles. The van der Waals surface area contributed by atoms with Crippen molar-refractivity contribution >= 4 is 15.5 Å². The average molecular weight is 281 g/mol. The lowest BCUT2D eigenvalue weighted by molar-refractivity contribution is 0.598. The summed E-state index contributed by atoms with van der Waals surface area (Å²) in [6.45, 7) is 1.82. The molecule has 2 aromatic rings. The molecule has 0 aliphatic carbocycles. The van der Waals surface area contributed by atoms with Crippen molar-refractivity contribution < 1.29 is 8.42 Å². The summed E-state index contributed by atoms with van der Waals surface area (Å²) < 4.78 is 24.0. The molecule has 0 saturated carbocycles. The minimum atomic E-state index is -3.00. The summed E-state index contributed by atoms with van der Waals surface area (Å²) in [4.78, 5) is 0. The first-order valence-corrected chi connectivity index (χ1v) is 7.78. The van der Waals surface area contributed by atoms with Crippen molar-refractivity contribution in [1.29, 1.82) is 0 Å². The maximum absolute atomic E-state index is 11.2. The van der Waals surface area contributed by atoms with Crippen LogP contribution in [-0.2, 0) is 9.84 Å². The number of hydrogen-bond acceptors (Lipinski definition) is 6. The third kappa shape index (κ3) is 4.02. The van der Waals surface area contributed by atoms with E-state index in [1.807, 2.05) is 31.2 Å². The van der Waals surface area contributed by atoms with Crippen LogP contribution in [0.3, 0.4) is 0 Å². The van der Waals surface area contributed by atoms with Crippen molar-refractivity contribution in [3.05, 3.63) is 30.6 Å². The van der Waals surface area contributed by atoms with Crippen LogP contribution in [-0.4, -0.2) is 46.7 Å². The molecule has 7 nitrogen and oxygen atoms in total. The number of aromatic nitrogens is 4. The summed E-state index contributed by atoms with van der Waals surface area (Å²) in [5, 5.41) is 14.1. The normalized spacial score (nSPS) is 13.2. The molecular formula is C11H15N5O2S. The maximum atomic E-state index is 11.2. The molecule has 19 heavy (non-hydrogen) atoms. The quantitative estimate of drug-likeness (QED) is 0.858. The Morgan fingerprint density at radius 1 is 1.42 bits per heavy atom. The second-order valence-corrected chi connectivity index (χ2v) is 6.63. The van der Waals surface area contributed by atoms with Crippen LogP contribution in [0, 0.1) is 0 Å². The molecule has 1 N–H and O–H groups in total. The Bertz CT molecular complexity index is 639. The second kappa shape index (κ2) is 5.35. The van der Waals surface area contributed by atoms with Gasteiger partial charge >= 0.3 is 0 Å². The summed E-state index contributed by atoms with van der Waals surface area (Å²) in [5.74, 6) is 0.0854. The van der Waals surface area contributed by atoms with Crippen LogP contribution in [0.5, 0.6) is 0 Å². The van der Waals surface area contributed by atoms with Gasteiger partial charge in [0.25, 0.3) is 0 Å². The molecule has 1 atom stereocenters.